The maximum Gasteiger partial charge on any atom is 0.280 e. The van der Waals surface area contributed by atoms with Gasteiger partial charge in [-0.2, -0.15) is 5.10 Å². The zero-order valence-electron chi connectivity index (χ0n) is 11.3. The van der Waals surface area contributed by atoms with Crippen LogP contribution in [0.25, 0.3) is 0 Å². The number of aryl methyl sites for hydroxylation is 3. The Morgan fingerprint density at radius 3 is 2.70 bits per heavy atom. The number of carbonyl (C=O) groups is 1. The highest BCUT2D eigenvalue weighted by molar-refractivity contribution is 7.15. The topological polar surface area (TPSA) is 59.8 Å². The monoisotopic (exact) mass is 300 g/mol. The van der Waals surface area contributed by atoms with Gasteiger partial charge in [0.05, 0.1) is 11.4 Å². The van der Waals surface area contributed by atoms with Crippen molar-refractivity contribution in [3.8, 4) is 0 Å². The molecule has 8 heteroatoms. The number of amides is 1. The van der Waals surface area contributed by atoms with Crippen LogP contribution in [0, 0.1) is 20.8 Å². The van der Waals surface area contributed by atoms with Gasteiger partial charge in [0.25, 0.3) is 6.43 Å². The van der Waals surface area contributed by atoms with Crippen LogP contribution in [0.4, 0.5) is 13.9 Å². The molecule has 5 nitrogen and oxygen atoms in total. The third kappa shape index (κ3) is 3.19. The molecule has 108 valence electrons. The average molecular weight is 300 g/mol. The number of nitrogens with one attached hydrogen (secondary N) is 1. The molecule has 1 N–H and O–H groups in total. The molecule has 2 rings (SSSR count). The summed E-state index contributed by atoms with van der Waals surface area (Å²) in [5, 5.41) is 6.95. The smallest absolute Gasteiger partial charge is 0.280 e. The van der Waals surface area contributed by atoms with Crippen molar-refractivity contribution in [3.05, 3.63) is 28.0 Å². The second-order valence-corrected chi connectivity index (χ2v) is 5.58. The molecule has 0 unspecified atom stereocenters. The maximum atomic E-state index is 12.8. The molecule has 0 bridgehead atoms. The fourth-order valence-corrected chi connectivity index (χ4v) is 2.52. The maximum absolute atomic E-state index is 12.8. The van der Waals surface area contributed by atoms with Crippen molar-refractivity contribution >= 4 is 22.4 Å². The lowest BCUT2D eigenvalue weighted by Crippen LogP contribution is -2.21. The van der Waals surface area contributed by atoms with E-state index in [0.29, 0.717) is 10.8 Å². The summed E-state index contributed by atoms with van der Waals surface area (Å²) < 4.78 is 26.6. The number of hydrogen-bond donors (Lipinski definition) is 1. The Kier molecular flexibility index (Phi) is 4.12. The second kappa shape index (κ2) is 5.66. The van der Waals surface area contributed by atoms with Gasteiger partial charge in [-0.25, -0.2) is 13.8 Å². The number of rotatable bonds is 4. The van der Waals surface area contributed by atoms with Crippen molar-refractivity contribution in [2.24, 2.45) is 0 Å². The van der Waals surface area contributed by atoms with Crippen molar-refractivity contribution in [3.63, 3.8) is 0 Å². The highest BCUT2D eigenvalue weighted by atomic mass is 32.1. The van der Waals surface area contributed by atoms with Gasteiger partial charge in [-0.05, 0) is 26.8 Å². The molecule has 0 aliphatic carbocycles. The van der Waals surface area contributed by atoms with E-state index >= 15 is 0 Å². The number of aromatic nitrogens is 3. The predicted molar refractivity (Wildman–Crippen MR) is 72.1 cm³/mol. The van der Waals surface area contributed by atoms with Crippen molar-refractivity contribution in [2.45, 2.75) is 33.7 Å². The van der Waals surface area contributed by atoms with E-state index in [1.807, 2.05) is 13.8 Å². The summed E-state index contributed by atoms with van der Waals surface area (Å²) in [6, 6.07) is 1.27. The minimum absolute atomic E-state index is 0.259. The second-order valence-electron chi connectivity index (χ2n) is 4.38. The molecule has 2 aromatic heterocycles. The van der Waals surface area contributed by atoms with E-state index in [-0.39, 0.29) is 12.2 Å². The molecule has 20 heavy (non-hydrogen) atoms. The first kappa shape index (κ1) is 14.6. The van der Waals surface area contributed by atoms with E-state index in [9.17, 15) is 13.6 Å². The predicted octanol–water partition coefficient (Wildman–Crippen LogP) is 2.84. The number of alkyl halides is 2. The molecule has 0 saturated carbocycles. The molecular weight excluding hydrogens is 286 g/mol. The summed E-state index contributed by atoms with van der Waals surface area (Å²) in [7, 11) is 0. The molecule has 0 radical (unpaired) electrons. The van der Waals surface area contributed by atoms with Crippen LogP contribution in [0.1, 0.15) is 28.4 Å². The van der Waals surface area contributed by atoms with Crippen LogP contribution in [0.2, 0.25) is 0 Å². The van der Waals surface area contributed by atoms with E-state index < -0.39 is 12.3 Å². The number of carbonyl (C=O) groups excluding carboxylic acids is 1. The molecule has 1 amide bonds. The summed E-state index contributed by atoms with van der Waals surface area (Å²) >= 11 is 1.35. The van der Waals surface area contributed by atoms with Crippen LogP contribution in [0.5, 0.6) is 0 Å². The minimum atomic E-state index is -2.66. The van der Waals surface area contributed by atoms with Gasteiger partial charge >= 0.3 is 0 Å². The molecule has 2 heterocycles. The Hall–Kier alpha value is -1.83. The Balaban J connectivity index is 2.08. The van der Waals surface area contributed by atoms with E-state index in [4.69, 9.17) is 0 Å². The lowest BCUT2D eigenvalue weighted by Gasteiger charge is -2.06. The summed E-state index contributed by atoms with van der Waals surface area (Å²) in [5.74, 6) is -0.427. The van der Waals surface area contributed by atoms with Crippen LogP contribution in [0.3, 0.4) is 0 Å². The molecule has 0 fully saturated rings. The number of nitrogens with zero attached hydrogens (tertiary/aromatic N) is 3. The lowest BCUT2D eigenvalue weighted by molar-refractivity contribution is -0.117. The van der Waals surface area contributed by atoms with Gasteiger partial charge in [-0.1, -0.05) is 0 Å². The Morgan fingerprint density at radius 1 is 1.45 bits per heavy atom. The van der Waals surface area contributed by atoms with Crippen LogP contribution in [-0.2, 0) is 11.3 Å². The quantitative estimate of drug-likeness (QED) is 0.944. The molecule has 0 aliphatic rings. The zero-order chi connectivity index (χ0) is 14.9. The van der Waals surface area contributed by atoms with Crippen molar-refractivity contribution in [2.75, 3.05) is 5.32 Å². The fourth-order valence-electron chi connectivity index (χ4n) is 1.69. The molecule has 0 saturated heterocycles. The van der Waals surface area contributed by atoms with Gasteiger partial charge in [-0.3, -0.25) is 9.48 Å². The van der Waals surface area contributed by atoms with Gasteiger partial charge in [-0.15, -0.1) is 11.3 Å². The van der Waals surface area contributed by atoms with Gasteiger partial charge in [0.1, 0.15) is 12.2 Å². The third-order valence-electron chi connectivity index (χ3n) is 2.73. The van der Waals surface area contributed by atoms with E-state index in [1.54, 1.807) is 6.92 Å². The summed E-state index contributed by atoms with van der Waals surface area (Å²) in [6.07, 6.45) is -2.66. The van der Waals surface area contributed by atoms with Gasteiger partial charge in [0.15, 0.2) is 5.13 Å². The Labute approximate surface area is 118 Å². The van der Waals surface area contributed by atoms with E-state index in [2.05, 4.69) is 15.4 Å². The average Bonchev–Trinajstić information content (AvgIpc) is 2.83. The number of anilines is 1. The standard InChI is InChI=1S/C12H14F2N4OS/c1-6-4-9(11(13)14)18(17-6)5-10(19)16-12-15-7(2)8(3)20-12/h4,11H,5H2,1-3H3,(H,15,16,19). The van der Waals surface area contributed by atoms with Crippen molar-refractivity contribution < 1.29 is 13.6 Å². The third-order valence-corrected chi connectivity index (χ3v) is 3.71. The summed E-state index contributed by atoms with van der Waals surface area (Å²) in [6.45, 7) is 5.08. The van der Waals surface area contributed by atoms with Gasteiger partial charge in [0.2, 0.25) is 5.91 Å². The highest BCUT2D eigenvalue weighted by Gasteiger charge is 2.17. The largest absolute Gasteiger partial charge is 0.300 e. The molecule has 2 aromatic rings. The van der Waals surface area contributed by atoms with Gasteiger partial charge < -0.3 is 5.32 Å². The normalized spacial score (nSPS) is 11.1. The minimum Gasteiger partial charge on any atom is -0.300 e. The van der Waals surface area contributed by atoms with Crippen molar-refractivity contribution in [1.82, 2.24) is 14.8 Å². The lowest BCUT2D eigenvalue weighted by atomic mass is 10.4. The molecule has 0 spiro atoms. The number of thiazole rings is 1. The number of halogens is 2. The molecule has 0 aromatic carbocycles. The Morgan fingerprint density at radius 2 is 2.15 bits per heavy atom. The summed E-state index contributed by atoms with van der Waals surface area (Å²) in [4.78, 5) is 17.0. The first-order chi connectivity index (χ1) is 9.36. The van der Waals surface area contributed by atoms with E-state index in [1.165, 1.54) is 17.4 Å². The van der Waals surface area contributed by atoms with Crippen LogP contribution in [0.15, 0.2) is 6.07 Å². The molecule has 0 atom stereocenters. The van der Waals surface area contributed by atoms with Crippen LogP contribution in [-0.4, -0.2) is 20.7 Å². The Bertz CT molecular complexity index is 616. The van der Waals surface area contributed by atoms with E-state index in [0.717, 1.165) is 15.3 Å². The zero-order valence-corrected chi connectivity index (χ0v) is 12.1. The SMILES string of the molecule is Cc1cc(C(F)F)n(CC(=O)Nc2nc(C)c(C)s2)n1. The van der Waals surface area contributed by atoms with Gasteiger partial charge in [0, 0.05) is 4.88 Å². The fraction of sp³-hybridized carbons (Fsp3) is 0.417. The molecular formula is C12H14F2N4OS. The first-order valence-corrected chi connectivity index (χ1v) is 6.75. The van der Waals surface area contributed by atoms with Crippen molar-refractivity contribution in [1.29, 1.82) is 0 Å². The highest BCUT2D eigenvalue weighted by Crippen LogP contribution is 2.22. The first-order valence-electron chi connectivity index (χ1n) is 5.93. The van der Waals surface area contributed by atoms with Crippen LogP contribution >= 0.6 is 11.3 Å². The van der Waals surface area contributed by atoms with Crippen LogP contribution < -0.4 is 5.32 Å². The molecule has 0 aliphatic heterocycles. The number of hydrogen-bond acceptors (Lipinski definition) is 4. The summed E-state index contributed by atoms with van der Waals surface area (Å²) in [5.41, 5.74) is 1.03.